The van der Waals surface area contributed by atoms with Crippen molar-refractivity contribution in [1.29, 1.82) is 0 Å². The van der Waals surface area contributed by atoms with Gasteiger partial charge in [0.25, 0.3) is 0 Å². The molecule has 3 nitrogen and oxygen atoms in total. The number of hydrogen-bond donors (Lipinski definition) is 1. The molecule has 0 spiro atoms. The van der Waals surface area contributed by atoms with Gasteiger partial charge in [0.1, 0.15) is 13.2 Å². The molecule has 3 rings (SSSR count). The van der Waals surface area contributed by atoms with Crippen LogP contribution >= 0.6 is 0 Å². The molecule has 0 saturated carbocycles. The number of benzene rings is 1. The van der Waals surface area contributed by atoms with E-state index in [1.807, 2.05) is 0 Å². The van der Waals surface area contributed by atoms with Crippen molar-refractivity contribution in [3.8, 4) is 11.5 Å². The van der Waals surface area contributed by atoms with Crippen LogP contribution in [0.2, 0.25) is 0 Å². The summed E-state index contributed by atoms with van der Waals surface area (Å²) >= 11 is 0. The van der Waals surface area contributed by atoms with Gasteiger partial charge in [0.05, 0.1) is 0 Å². The van der Waals surface area contributed by atoms with E-state index >= 15 is 0 Å². The highest BCUT2D eigenvalue weighted by Gasteiger charge is 2.28. The van der Waals surface area contributed by atoms with Gasteiger partial charge in [-0.25, -0.2) is 0 Å². The van der Waals surface area contributed by atoms with Crippen LogP contribution in [-0.2, 0) is 0 Å². The van der Waals surface area contributed by atoms with E-state index in [1.54, 1.807) is 0 Å². The topological polar surface area (TPSA) is 30.5 Å². The molecule has 1 N–H and O–H groups in total. The van der Waals surface area contributed by atoms with Crippen LogP contribution in [0.25, 0.3) is 0 Å². The van der Waals surface area contributed by atoms with Crippen molar-refractivity contribution in [2.45, 2.75) is 32.4 Å². The number of nitrogens with one attached hydrogen (secondary N) is 1. The summed E-state index contributed by atoms with van der Waals surface area (Å²) < 4.78 is 11.2. The second kappa shape index (κ2) is 3.67. The fourth-order valence-electron chi connectivity index (χ4n) is 2.47. The highest BCUT2D eigenvalue weighted by Crippen LogP contribution is 2.38. The Labute approximate surface area is 95.8 Å². The van der Waals surface area contributed by atoms with Crippen molar-refractivity contribution in [3.63, 3.8) is 0 Å². The van der Waals surface area contributed by atoms with Crippen LogP contribution < -0.4 is 14.8 Å². The Morgan fingerprint density at radius 2 is 1.81 bits per heavy atom. The molecule has 1 saturated heterocycles. The number of fused-ring (bicyclic) bond motifs is 1. The van der Waals surface area contributed by atoms with Crippen LogP contribution in [0.5, 0.6) is 11.5 Å². The van der Waals surface area contributed by atoms with Crippen LogP contribution in [0, 0.1) is 6.92 Å². The summed E-state index contributed by atoms with van der Waals surface area (Å²) in [4.78, 5) is 0. The van der Waals surface area contributed by atoms with Gasteiger partial charge in [-0.3, -0.25) is 0 Å². The number of rotatable bonds is 1. The Balaban J connectivity index is 1.93. The third-order valence-corrected chi connectivity index (χ3v) is 3.38. The minimum atomic E-state index is 0.492. The molecule has 0 radical (unpaired) electrons. The lowest BCUT2D eigenvalue weighted by Gasteiger charge is -2.36. The third-order valence-electron chi connectivity index (χ3n) is 3.38. The lowest BCUT2D eigenvalue weighted by molar-refractivity contribution is 0.170. The molecule has 0 aliphatic carbocycles. The minimum Gasteiger partial charge on any atom is -0.486 e. The molecule has 0 bridgehead atoms. The van der Waals surface area contributed by atoms with Crippen molar-refractivity contribution >= 4 is 0 Å². The molecule has 2 heterocycles. The Morgan fingerprint density at radius 1 is 1.19 bits per heavy atom. The Morgan fingerprint density at radius 3 is 2.44 bits per heavy atom. The second-order valence-electron chi connectivity index (χ2n) is 4.71. The first-order chi connectivity index (χ1) is 7.74. The van der Waals surface area contributed by atoms with Crippen LogP contribution in [0.15, 0.2) is 12.1 Å². The first-order valence-electron chi connectivity index (χ1n) is 5.90. The Kier molecular flexibility index (Phi) is 2.28. The van der Waals surface area contributed by atoms with Gasteiger partial charge >= 0.3 is 0 Å². The van der Waals surface area contributed by atoms with E-state index < -0.39 is 0 Å². The average molecular weight is 219 g/mol. The first kappa shape index (κ1) is 9.97. The smallest absolute Gasteiger partial charge is 0.161 e. The molecule has 2 aliphatic rings. The lowest BCUT2D eigenvalue weighted by Crippen LogP contribution is -2.44. The highest BCUT2D eigenvalue weighted by atomic mass is 16.6. The number of aryl methyl sites for hydroxylation is 1. The summed E-state index contributed by atoms with van der Waals surface area (Å²) in [7, 11) is 0. The maximum atomic E-state index is 5.61. The maximum Gasteiger partial charge on any atom is 0.161 e. The fraction of sp³-hybridized carbons (Fsp3) is 0.538. The second-order valence-corrected chi connectivity index (χ2v) is 4.71. The van der Waals surface area contributed by atoms with Crippen molar-refractivity contribution in [3.05, 3.63) is 23.3 Å². The van der Waals surface area contributed by atoms with Gasteiger partial charge in [0.15, 0.2) is 11.5 Å². The summed E-state index contributed by atoms with van der Waals surface area (Å²) in [6.45, 7) is 5.66. The van der Waals surface area contributed by atoms with Gasteiger partial charge in [-0.05, 0) is 43.5 Å². The largest absolute Gasteiger partial charge is 0.486 e. The summed E-state index contributed by atoms with van der Waals surface area (Å²) in [5.74, 6) is 1.79. The highest BCUT2D eigenvalue weighted by molar-refractivity contribution is 5.49. The number of hydrogen-bond acceptors (Lipinski definition) is 3. The Bertz CT molecular complexity index is 411. The predicted octanol–water partition coefficient (Wildman–Crippen LogP) is 2.19. The van der Waals surface area contributed by atoms with Gasteiger partial charge in [-0.2, -0.15) is 0 Å². The van der Waals surface area contributed by atoms with Crippen LogP contribution in [0.4, 0.5) is 0 Å². The van der Waals surface area contributed by atoms with E-state index in [-0.39, 0.29) is 0 Å². The molecular formula is C13H17NO2. The Hall–Kier alpha value is -1.22. The van der Waals surface area contributed by atoms with Crippen molar-refractivity contribution < 1.29 is 9.47 Å². The van der Waals surface area contributed by atoms with Gasteiger partial charge in [-0.1, -0.05) is 0 Å². The van der Waals surface area contributed by atoms with Crippen molar-refractivity contribution in [2.75, 3.05) is 13.2 Å². The van der Waals surface area contributed by atoms with Gasteiger partial charge in [-0.15, -0.1) is 0 Å². The molecule has 0 aromatic heterocycles. The van der Waals surface area contributed by atoms with Crippen molar-refractivity contribution in [2.24, 2.45) is 0 Å². The zero-order valence-corrected chi connectivity index (χ0v) is 9.75. The van der Waals surface area contributed by atoms with Gasteiger partial charge in [0.2, 0.25) is 0 Å². The van der Waals surface area contributed by atoms with Gasteiger partial charge < -0.3 is 14.8 Å². The lowest BCUT2D eigenvalue weighted by atomic mass is 9.89. The van der Waals surface area contributed by atoms with Crippen LogP contribution in [-0.4, -0.2) is 19.3 Å². The van der Waals surface area contributed by atoms with E-state index in [1.165, 1.54) is 17.5 Å². The molecule has 2 aliphatic heterocycles. The molecule has 3 heteroatoms. The molecule has 1 fully saturated rings. The van der Waals surface area contributed by atoms with Crippen LogP contribution in [0.1, 0.15) is 30.5 Å². The van der Waals surface area contributed by atoms with E-state index in [4.69, 9.17) is 9.47 Å². The SMILES string of the molecule is Cc1cc2c(cc1C1CC(C)N1)OCCO2. The van der Waals surface area contributed by atoms with Crippen molar-refractivity contribution in [1.82, 2.24) is 5.32 Å². The summed E-state index contributed by atoms with van der Waals surface area (Å²) in [6, 6.07) is 5.35. The summed E-state index contributed by atoms with van der Waals surface area (Å²) in [6.07, 6.45) is 1.21. The van der Waals surface area contributed by atoms with E-state index in [0.717, 1.165) is 11.5 Å². The normalized spacial score (nSPS) is 27.4. The van der Waals surface area contributed by atoms with Crippen LogP contribution in [0.3, 0.4) is 0 Å². The standard InChI is InChI=1S/C13H17NO2/c1-8-5-12-13(16-4-3-15-12)7-10(8)11-6-9(2)14-11/h5,7,9,11,14H,3-4,6H2,1-2H3. The van der Waals surface area contributed by atoms with Gasteiger partial charge in [0, 0.05) is 12.1 Å². The first-order valence-corrected chi connectivity index (χ1v) is 5.90. The molecule has 1 aromatic rings. The van der Waals surface area contributed by atoms with E-state index in [2.05, 4.69) is 31.3 Å². The molecule has 0 amide bonds. The monoisotopic (exact) mass is 219 g/mol. The number of ether oxygens (including phenoxy) is 2. The predicted molar refractivity (Wildman–Crippen MR) is 62.1 cm³/mol. The zero-order valence-electron chi connectivity index (χ0n) is 9.75. The average Bonchev–Trinajstić information content (AvgIpc) is 2.24. The molecule has 86 valence electrons. The van der Waals surface area contributed by atoms with E-state index in [9.17, 15) is 0 Å². The quantitative estimate of drug-likeness (QED) is 0.785. The zero-order chi connectivity index (χ0) is 11.1. The minimum absolute atomic E-state index is 0.492. The molecule has 1 aromatic carbocycles. The summed E-state index contributed by atoms with van der Waals surface area (Å²) in [5.41, 5.74) is 2.64. The fourth-order valence-corrected chi connectivity index (χ4v) is 2.47. The third kappa shape index (κ3) is 1.55. The molecule has 2 unspecified atom stereocenters. The molecular weight excluding hydrogens is 202 g/mol. The van der Waals surface area contributed by atoms with E-state index in [0.29, 0.717) is 25.3 Å². The molecule has 2 atom stereocenters. The molecule has 16 heavy (non-hydrogen) atoms. The maximum absolute atomic E-state index is 5.61. The summed E-state index contributed by atoms with van der Waals surface area (Å²) in [5, 5.41) is 3.51.